The summed E-state index contributed by atoms with van der Waals surface area (Å²) >= 11 is 0. The number of H-pyrrole nitrogens is 2. The monoisotopic (exact) mass is 249 g/mol. The fourth-order valence-electron chi connectivity index (χ4n) is 1.87. The zero-order valence-corrected chi connectivity index (χ0v) is 10.5. The maximum Gasteiger partial charge on any atom is 0.217 e. The average Bonchev–Trinajstić information content (AvgIpc) is 2.68. The van der Waals surface area contributed by atoms with E-state index in [1.165, 1.54) is 14.0 Å². The molecule has 0 aliphatic rings. The number of aromatic nitrogens is 2. The Labute approximate surface area is 103 Å². The van der Waals surface area contributed by atoms with Crippen molar-refractivity contribution in [1.29, 1.82) is 0 Å². The number of carbonyl (C=O) groups is 1. The zero-order chi connectivity index (χ0) is 13.3. The van der Waals surface area contributed by atoms with E-state index in [1.807, 2.05) is 13.0 Å². The van der Waals surface area contributed by atoms with Gasteiger partial charge in [-0.2, -0.15) is 0 Å². The van der Waals surface area contributed by atoms with Gasteiger partial charge in [-0.15, -0.1) is 0 Å². The highest BCUT2D eigenvalue weighted by Crippen LogP contribution is 2.17. The number of carbonyl (C=O) groups excluding carboxylic acids is 1. The Bertz CT molecular complexity index is 654. The molecule has 0 aliphatic heterocycles. The number of hydrogen-bond donors (Lipinski definition) is 3. The molecule has 0 spiro atoms. The number of hydrogen-bond acceptors (Lipinski definition) is 3. The van der Waals surface area contributed by atoms with E-state index in [9.17, 15) is 9.59 Å². The summed E-state index contributed by atoms with van der Waals surface area (Å²) in [5, 5.41) is 2.60. The Balaban J connectivity index is 2.58. The molecular formula is C12H15N3O3. The molecule has 0 saturated heterocycles. The minimum atomic E-state index is -0.195. The molecule has 96 valence electrons. The second kappa shape index (κ2) is 4.56. The van der Waals surface area contributed by atoms with Crippen LogP contribution >= 0.6 is 0 Å². The minimum absolute atomic E-state index is 0.141. The quantitative estimate of drug-likeness (QED) is 0.752. The Hall–Kier alpha value is -2.24. The molecule has 2 heterocycles. The van der Waals surface area contributed by atoms with Crippen LogP contribution in [-0.2, 0) is 11.3 Å². The number of pyridine rings is 1. The Morgan fingerprint density at radius 2 is 2.17 bits per heavy atom. The van der Waals surface area contributed by atoms with Gasteiger partial charge in [0.2, 0.25) is 11.3 Å². The van der Waals surface area contributed by atoms with Gasteiger partial charge in [-0.25, -0.2) is 0 Å². The largest absolute Gasteiger partial charge is 0.482 e. The second-order valence-corrected chi connectivity index (χ2v) is 4.12. The van der Waals surface area contributed by atoms with Crippen LogP contribution in [0.4, 0.5) is 0 Å². The van der Waals surface area contributed by atoms with Crippen LogP contribution in [0.2, 0.25) is 0 Å². The van der Waals surface area contributed by atoms with Crippen LogP contribution in [0.25, 0.3) is 11.0 Å². The molecule has 1 amide bonds. The van der Waals surface area contributed by atoms with Gasteiger partial charge >= 0.3 is 0 Å². The molecule has 18 heavy (non-hydrogen) atoms. The number of fused-ring (bicyclic) bond motifs is 1. The maximum absolute atomic E-state index is 12.3. The molecule has 6 heteroatoms. The van der Waals surface area contributed by atoms with Crippen LogP contribution in [0.5, 0.6) is 5.88 Å². The molecule has 0 aliphatic carbocycles. The third kappa shape index (κ3) is 2.09. The lowest BCUT2D eigenvalue weighted by molar-refractivity contribution is -0.119. The standard InChI is InChI=1S/C12H15N3O3/c1-6-4-9-10(14-6)11(17)8(5-13-7(2)16)12(15-9)18-3/h4,14H,5H2,1-3H3,(H,13,16)(H,15,17). The fourth-order valence-corrected chi connectivity index (χ4v) is 1.87. The molecule has 6 nitrogen and oxygen atoms in total. The first-order valence-electron chi connectivity index (χ1n) is 5.56. The van der Waals surface area contributed by atoms with Gasteiger partial charge in [0.1, 0.15) is 5.52 Å². The summed E-state index contributed by atoms with van der Waals surface area (Å²) in [6.07, 6.45) is 0. The summed E-state index contributed by atoms with van der Waals surface area (Å²) < 4.78 is 5.16. The van der Waals surface area contributed by atoms with Crippen LogP contribution < -0.4 is 15.5 Å². The van der Waals surface area contributed by atoms with Gasteiger partial charge in [0.15, 0.2) is 5.88 Å². The van der Waals surface area contributed by atoms with E-state index in [2.05, 4.69) is 15.3 Å². The van der Waals surface area contributed by atoms with Crippen molar-refractivity contribution in [3.63, 3.8) is 0 Å². The van der Waals surface area contributed by atoms with Crippen molar-refractivity contribution in [3.8, 4) is 5.88 Å². The fraction of sp³-hybridized carbons (Fsp3) is 0.333. The van der Waals surface area contributed by atoms with Crippen molar-refractivity contribution in [1.82, 2.24) is 15.3 Å². The molecule has 0 atom stereocenters. The van der Waals surface area contributed by atoms with Gasteiger partial charge in [0, 0.05) is 12.6 Å². The van der Waals surface area contributed by atoms with Crippen LogP contribution in [0, 0.1) is 6.92 Å². The highest BCUT2D eigenvalue weighted by Gasteiger charge is 2.14. The predicted octanol–water partition coefficient (Wildman–Crippen LogP) is 0.809. The lowest BCUT2D eigenvalue weighted by Gasteiger charge is -2.08. The van der Waals surface area contributed by atoms with Crippen molar-refractivity contribution in [2.45, 2.75) is 20.4 Å². The molecule has 2 rings (SSSR count). The molecule has 0 aromatic carbocycles. The Morgan fingerprint density at radius 3 is 2.78 bits per heavy atom. The number of nitrogens with one attached hydrogen (secondary N) is 3. The molecular weight excluding hydrogens is 234 g/mol. The van der Waals surface area contributed by atoms with Gasteiger partial charge in [-0.05, 0) is 13.0 Å². The Kier molecular flexibility index (Phi) is 3.10. The van der Waals surface area contributed by atoms with Crippen molar-refractivity contribution in [3.05, 3.63) is 27.5 Å². The first kappa shape index (κ1) is 12.2. The van der Waals surface area contributed by atoms with Gasteiger partial charge in [0.25, 0.3) is 0 Å². The normalized spacial score (nSPS) is 10.6. The van der Waals surface area contributed by atoms with E-state index in [0.29, 0.717) is 22.5 Å². The van der Waals surface area contributed by atoms with Gasteiger partial charge in [-0.1, -0.05) is 0 Å². The van der Waals surface area contributed by atoms with E-state index in [4.69, 9.17) is 4.74 Å². The van der Waals surface area contributed by atoms with E-state index in [1.54, 1.807) is 0 Å². The number of aryl methyl sites for hydroxylation is 1. The Morgan fingerprint density at radius 1 is 1.44 bits per heavy atom. The summed E-state index contributed by atoms with van der Waals surface area (Å²) in [5.41, 5.74) is 2.32. The molecule has 2 aromatic rings. The van der Waals surface area contributed by atoms with E-state index < -0.39 is 0 Å². The number of methoxy groups -OCH3 is 1. The van der Waals surface area contributed by atoms with Gasteiger partial charge in [-0.3, -0.25) is 9.59 Å². The van der Waals surface area contributed by atoms with E-state index in [0.717, 1.165) is 5.69 Å². The molecule has 0 fully saturated rings. The minimum Gasteiger partial charge on any atom is -0.482 e. The van der Waals surface area contributed by atoms with Crippen molar-refractivity contribution < 1.29 is 9.53 Å². The highest BCUT2D eigenvalue weighted by molar-refractivity contribution is 5.78. The average molecular weight is 249 g/mol. The topological polar surface area (TPSA) is 87.0 Å². The molecule has 2 aromatic heterocycles. The SMILES string of the molecule is COc1[nH]c2cc(C)[nH]c2c(=O)c1CNC(C)=O. The molecule has 0 radical (unpaired) electrons. The van der Waals surface area contributed by atoms with Crippen molar-refractivity contribution in [2.75, 3.05) is 7.11 Å². The molecule has 0 saturated carbocycles. The predicted molar refractivity (Wildman–Crippen MR) is 67.7 cm³/mol. The third-order valence-electron chi connectivity index (χ3n) is 2.69. The first-order chi connectivity index (χ1) is 8.52. The first-order valence-corrected chi connectivity index (χ1v) is 5.56. The number of amides is 1. The maximum atomic E-state index is 12.3. The van der Waals surface area contributed by atoms with Crippen LogP contribution in [0.3, 0.4) is 0 Å². The lowest BCUT2D eigenvalue weighted by Crippen LogP contribution is -2.24. The summed E-state index contributed by atoms with van der Waals surface area (Å²) in [7, 11) is 1.48. The van der Waals surface area contributed by atoms with Crippen LogP contribution in [0.1, 0.15) is 18.2 Å². The third-order valence-corrected chi connectivity index (χ3v) is 2.69. The summed E-state index contributed by atoms with van der Waals surface area (Å²) in [6.45, 7) is 3.41. The van der Waals surface area contributed by atoms with Crippen LogP contribution in [-0.4, -0.2) is 23.0 Å². The zero-order valence-electron chi connectivity index (χ0n) is 10.5. The molecule has 0 bridgehead atoms. The van der Waals surface area contributed by atoms with Gasteiger partial charge < -0.3 is 20.0 Å². The molecule has 3 N–H and O–H groups in total. The van der Waals surface area contributed by atoms with Gasteiger partial charge in [0.05, 0.1) is 24.7 Å². The van der Waals surface area contributed by atoms with E-state index in [-0.39, 0.29) is 17.9 Å². The van der Waals surface area contributed by atoms with Crippen molar-refractivity contribution >= 4 is 16.9 Å². The lowest BCUT2D eigenvalue weighted by atomic mass is 10.2. The summed E-state index contributed by atoms with van der Waals surface area (Å²) in [4.78, 5) is 29.2. The van der Waals surface area contributed by atoms with Crippen LogP contribution in [0.15, 0.2) is 10.9 Å². The second-order valence-electron chi connectivity index (χ2n) is 4.12. The number of aromatic amines is 2. The van der Waals surface area contributed by atoms with E-state index >= 15 is 0 Å². The van der Waals surface area contributed by atoms with Crippen molar-refractivity contribution in [2.24, 2.45) is 0 Å². The number of rotatable bonds is 3. The highest BCUT2D eigenvalue weighted by atomic mass is 16.5. The number of ether oxygens (including phenoxy) is 1. The smallest absolute Gasteiger partial charge is 0.217 e. The molecule has 0 unspecified atom stereocenters. The summed E-state index contributed by atoms with van der Waals surface area (Å²) in [5.74, 6) is 0.180. The summed E-state index contributed by atoms with van der Waals surface area (Å²) in [6, 6.07) is 1.83.